The highest BCUT2D eigenvalue weighted by Gasteiger charge is 2.41. The number of aromatic nitrogens is 1. The lowest BCUT2D eigenvalue weighted by Crippen LogP contribution is -2.45. The van der Waals surface area contributed by atoms with Gasteiger partial charge in [0.05, 0.1) is 12.1 Å². The van der Waals surface area contributed by atoms with Crippen LogP contribution >= 0.6 is 11.3 Å². The Morgan fingerprint density at radius 2 is 2.00 bits per heavy atom. The molecule has 0 fully saturated rings. The van der Waals surface area contributed by atoms with Crippen molar-refractivity contribution >= 4 is 17.3 Å². The summed E-state index contributed by atoms with van der Waals surface area (Å²) < 4.78 is 5.03. The van der Waals surface area contributed by atoms with Crippen molar-refractivity contribution in [3.8, 4) is 0 Å². The van der Waals surface area contributed by atoms with Gasteiger partial charge in [-0.3, -0.25) is 4.79 Å². The smallest absolute Gasteiger partial charge is 0.318 e. The molecule has 2 rings (SSSR count). The van der Waals surface area contributed by atoms with Crippen LogP contribution in [0.3, 0.4) is 0 Å². The van der Waals surface area contributed by atoms with E-state index in [-0.39, 0.29) is 12.5 Å². The highest BCUT2D eigenvalue weighted by Crippen LogP contribution is 2.30. The summed E-state index contributed by atoms with van der Waals surface area (Å²) in [7, 11) is 1.40. The average molecular weight is 304 g/mol. The number of nitrogens with zero attached hydrogens (tertiary/aromatic N) is 1. The number of hydrogen-bond acceptors (Lipinski definition) is 5. The molecule has 1 aromatic carbocycles. The zero-order valence-electron chi connectivity index (χ0n) is 12.6. The molecule has 0 amide bonds. The molecular weight excluding hydrogens is 284 g/mol. The van der Waals surface area contributed by atoms with E-state index in [0.29, 0.717) is 6.42 Å². The van der Waals surface area contributed by atoms with Gasteiger partial charge in [-0.1, -0.05) is 29.8 Å². The van der Waals surface area contributed by atoms with Gasteiger partial charge < -0.3 is 10.5 Å². The number of rotatable bonds is 5. The van der Waals surface area contributed by atoms with Crippen LogP contribution in [0.15, 0.2) is 29.6 Å². The first-order chi connectivity index (χ1) is 10.0. The standard InChI is InChI=1S/C16H20N2O2S/c1-11-4-6-13(7-5-11)16(10-17,15(19)20-3)8-14-18-12(2)9-21-14/h4-7,9H,8,10,17H2,1-3H3. The lowest BCUT2D eigenvalue weighted by molar-refractivity contribution is -0.147. The maximum atomic E-state index is 12.4. The van der Waals surface area contributed by atoms with E-state index < -0.39 is 5.41 Å². The summed E-state index contributed by atoms with van der Waals surface area (Å²) >= 11 is 1.54. The molecule has 0 aliphatic rings. The Hall–Kier alpha value is -1.72. The van der Waals surface area contributed by atoms with E-state index in [1.54, 1.807) is 11.3 Å². The summed E-state index contributed by atoms with van der Waals surface area (Å²) in [4.78, 5) is 16.9. The van der Waals surface area contributed by atoms with E-state index in [9.17, 15) is 4.79 Å². The maximum absolute atomic E-state index is 12.4. The number of hydrogen-bond donors (Lipinski definition) is 1. The minimum Gasteiger partial charge on any atom is -0.468 e. The average Bonchev–Trinajstić information content (AvgIpc) is 2.90. The Balaban J connectivity index is 2.47. The minimum atomic E-state index is -0.882. The number of nitrogens with two attached hydrogens (primary N) is 1. The van der Waals surface area contributed by atoms with Gasteiger partial charge in [0.2, 0.25) is 0 Å². The van der Waals surface area contributed by atoms with Gasteiger partial charge in [-0.2, -0.15) is 0 Å². The van der Waals surface area contributed by atoms with Crippen LogP contribution in [0.5, 0.6) is 0 Å². The zero-order valence-corrected chi connectivity index (χ0v) is 13.4. The molecule has 21 heavy (non-hydrogen) atoms. The minimum absolute atomic E-state index is 0.182. The quantitative estimate of drug-likeness (QED) is 0.861. The summed E-state index contributed by atoms with van der Waals surface area (Å²) in [5.41, 5.74) is 8.07. The molecule has 1 atom stereocenters. The molecule has 0 radical (unpaired) electrons. The lowest BCUT2D eigenvalue weighted by atomic mass is 9.77. The first-order valence-electron chi connectivity index (χ1n) is 6.78. The summed E-state index contributed by atoms with van der Waals surface area (Å²) in [6.45, 7) is 4.13. The highest BCUT2D eigenvalue weighted by atomic mass is 32.1. The van der Waals surface area contributed by atoms with Crippen molar-refractivity contribution in [2.45, 2.75) is 25.7 Å². The van der Waals surface area contributed by atoms with Crippen LogP contribution in [0.25, 0.3) is 0 Å². The predicted molar refractivity (Wildman–Crippen MR) is 84.5 cm³/mol. The molecule has 1 unspecified atom stereocenters. The van der Waals surface area contributed by atoms with Crippen LogP contribution in [-0.2, 0) is 21.4 Å². The zero-order chi connectivity index (χ0) is 15.5. The summed E-state index contributed by atoms with van der Waals surface area (Å²) in [6.07, 6.45) is 0.456. The number of ether oxygens (including phenoxy) is 1. The van der Waals surface area contributed by atoms with Gasteiger partial charge in [-0.05, 0) is 19.4 Å². The number of aryl methyl sites for hydroxylation is 2. The molecule has 5 heteroatoms. The first-order valence-corrected chi connectivity index (χ1v) is 7.66. The fourth-order valence-corrected chi connectivity index (χ4v) is 3.26. The van der Waals surface area contributed by atoms with Crippen molar-refractivity contribution in [2.24, 2.45) is 5.73 Å². The maximum Gasteiger partial charge on any atom is 0.318 e. The Morgan fingerprint density at radius 3 is 2.48 bits per heavy atom. The van der Waals surface area contributed by atoms with Crippen LogP contribution in [-0.4, -0.2) is 24.6 Å². The monoisotopic (exact) mass is 304 g/mol. The second-order valence-corrected chi connectivity index (χ2v) is 6.15. The molecule has 2 aromatic rings. The largest absolute Gasteiger partial charge is 0.468 e. The third-order valence-corrected chi connectivity index (χ3v) is 4.61. The van der Waals surface area contributed by atoms with Crippen LogP contribution in [0, 0.1) is 13.8 Å². The summed E-state index contributed by atoms with van der Waals surface area (Å²) in [5.74, 6) is -0.318. The van der Waals surface area contributed by atoms with E-state index in [2.05, 4.69) is 4.98 Å². The van der Waals surface area contributed by atoms with Crippen LogP contribution in [0.4, 0.5) is 0 Å². The Bertz CT molecular complexity index is 621. The van der Waals surface area contributed by atoms with Crippen LogP contribution in [0.1, 0.15) is 21.8 Å². The van der Waals surface area contributed by atoms with Crippen molar-refractivity contribution in [2.75, 3.05) is 13.7 Å². The fourth-order valence-electron chi connectivity index (χ4n) is 2.38. The van der Waals surface area contributed by atoms with E-state index in [0.717, 1.165) is 21.8 Å². The van der Waals surface area contributed by atoms with E-state index in [1.165, 1.54) is 7.11 Å². The third kappa shape index (κ3) is 3.14. The van der Waals surface area contributed by atoms with E-state index in [1.807, 2.05) is 43.5 Å². The number of methoxy groups -OCH3 is 1. The third-order valence-electron chi connectivity index (χ3n) is 3.65. The van der Waals surface area contributed by atoms with Gasteiger partial charge in [0, 0.05) is 24.0 Å². The second kappa shape index (κ2) is 6.37. The molecule has 1 aromatic heterocycles. The predicted octanol–water partition coefficient (Wildman–Crippen LogP) is 2.37. The molecule has 0 spiro atoms. The Kier molecular flexibility index (Phi) is 4.75. The number of thiazole rings is 1. The van der Waals surface area contributed by atoms with Gasteiger partial charge in [0.25, 0.3) is 0 Å². The normalized spacial score (nSPS) is 13.7. The molecule has 0 aliphatic heterocycles. The van der Waals surface area contributed by atoms with E-state index >= 15 is 0 Å². The molecule has 1 heterocycles. The van der Waals surface area contributed by atoms with Crippen molar-refractivity contribution in [3.63, 3.8) is 0 Å². The molecule has 112 valence electrons. The fraction of sp³-hybridized carbons (Fsp3) is 0.375. The number of esters is 1. The number of benzene rings is 1. The molecule has 0 bridgehead atoms. The molecule has 0 saturated heterocycles. The van der Waals surface area contributed by atoms with Crippen molar-refractivity contribution in [3.05, 3.63) is 51.5 Å². The summed E-state index contributed by atoms with van der Waals surface area (Å²) in [6, 6.07) is 7.85. The molecule has 0 aliphatic carbocycles. The van der Waals surface area contributed by atoms with Crippen LogP contribution in [0.2, 0.25) is 0 Å². The van der Waals surface area contributed by atoms with Crippen molar-refractivity contribution < 1.29 is 9.53 Å². The van der Waals surface area contributed by atoms with Gasteiger partial charge in [0.15, 0.2) is 0 Å². The summed E-state index contributed by atoms with van der Waals surface area (Å²) in [5, 5.41) is 2.87. The molecule has 2 N–H and O–H groups in total. The number of carbonyl (C=O) groups excluding carboxylic acids is 1. The van der Waals surface area contributed by atoms with Crippen LogP contribution < -0.4 is 5.73 Å². The second-order valence-electron chi connectivity index (χ2n) is 5.20. The van der Waals surface area contributed by atoms with E-state index in [4.69, 9.17) is 10.5 Å². The SMILES string of the molecule is COC(=O)C(CN)(Cc1nc(C)cs1)c1ccc(C)cc1. The van der Waals surface area contributed by atoms with Crippen molar-refractivity contribution in [1.29, 1.82) is 0 Å². The van der Waals surface area contributed by atoms with Gasteiger partial charge in [-0.25, -0.2) is 4.98 Å². The first kappa shape index (κ1) is 15.7. The van der Waals surface area contributed by atoms with Gasteiger partial charge in [0.1, 0.15) is 5.41 Å². The van der Waals surface area contributed by atoms with Gasteiger partial charge in [-0.15, -0.1) is 11.3 Å². The van der Waals surface area contributed by atoms with Crippen molar-refractivity contribution in [1.82, 2.24) is 4.98 Å². The number of carbonyl (C=O) groups is 1. The van der Waals surface area contributed by atoms with Gasteiger partial charge >= 0.3 is 5.97 Å². The molecule has 0 saturated carbocycles. The Morgan fingerprint density at radius 1 is 1.33 bits per heavy atom. The Labute approximate surface area is 129 Å². The topological polar surface area (TPSA) is 65.2 Å². The molecule has 4 nitrogen and oxygen atoms in total. The molecular formula is C16H20N2O2S. The highest BCUT2D eigenvalue weighted by molar-refractivity contribution is 7.09. The lowest BCUT2D eigenvalue weighted by Gasteiger charge is -2.29.